The van der Waals surface area contributed by atoms with Crippen molar-refractivity contribution in [1.29, 1.82) is 0 Å². The molecule has 1 atom stereocenters. The van der Waals surface area contributed by atoms with Gasteiger partial charge in [-0.1, -0.05) is 42.5 Å². The molecule has 28 heavy (non-hydrogen) atoms. The van der Waals surface area contributed by atoms with Crippen molar-refractivity contribution in [2.75, 3.05) is 14.2 Å². The van der Waals surface area contributed by atoms with Crippen LogP contribution in [0, 0.1) is 3.57 Å². The van der Waals surface area contributed by atoms with Gasteiger partial charge in [-0.3, -0.25) is 0 Å². The van der Waals surface area contributed by atoms with E-state index in [1.807, 2.05) is 54.6 Å². The lowest BCUT2D eigenvalue weighted by Gasteiger charge is -2.29. The monoisotopic (exact) mass is 602 g/mol. The molecule has 0 amide bonds. The van der Waals surface area contributed by atoms with E-state index in [0.29, 0.717) is 5.57 Å². The van der Waals surface area contributed by atoms with Crippen molar-refractivity contribution in [1.82, 2.24) is 0 Å². The molecule has 0 bridgehead atoms. The van der Waals surface area contributed by atoms with Gasteiger partial charge in [-0.2, -0.15) is 0 Å². The van der Waals surface area contributed by atoms with Gasteiger partial charge in [0, 0.05) is 12.7 Å². The minimum Gasteiger partial charge on any atom is -0.472 e. The Morgan fingerprint density at radius 2 is 1.50 bits per heavy atom. The van der Waals surface area contributed by atoms with Crippen LogP contribution in [-0.4, -0.2) is 26.2 Å². The second-order valence-corrected chi connectivity index (χ2v) is 8.23. The van der Waals surface area contributed by atoms with E-state index in [9.17, 15) is 9.59 Å². The van der Waals surface area contributed by atoms with Crippen molar-refractivity contribution in [3.05, 3.63) is 84.2 Å². The lowest BCUT2D eigenvalue weighted by atomic mass is 9.91. The Kier molecular flexibility index (Phi) is 6.76. The molecule has 0 aliphatic carbocycles. The lowest BCUT2D eigenvalue weighted by molar-refractivity contribution is -0.143. The van der Waals surface area contributed by atoms with Crippen molar-refractivity contribution >= 4 is 62.7 Å². The summed E-state index contributed by atoms with van der Waals surface area (Å²) in [6.07, 6.45) is -0.546. The zero-order valence-corrected chi connectivity index (χ0v) is 19.4. The third-order valence-electron chi connectivity index (χ3n) is 4.18. The number of carbonyl (C=O) groups is 2. The molecule has 0 fully saturated rings. The summed E-state index contributed by atoms with van der Waals surface area (Å²) in [5.74, 6) is -1.54. The van der Waals surface area contributed by atoms with E-state index in [1.54, 1.807) is 0 Å². The van der Waals surface area contributed by atoms with Gasteiger partial charge in [-0.05, 0) is 68.4 Å². The van der Waals surface area contributed by atoms with Crippen LogP contribution in [0.5, 0.6) is 0 Å². The molecule has 144 valence electrons. The van der Waals surface area contributed by atoms with E-state index in [-0.39, 0.29) is 11.3 Å². The van der Waals surface area contributed by atoms with Gasteiger partial charge in [-0.25, -0.2) is 9.59 Å². The second-order valence-electron chi connectivity index (χ2n) is 5.83. The van der Waals surface area contributed by atoms with Crippen molar-refractivity contribution in [2.24, 2.45) is 0 Å². The van der Waals surface area contributed by atoms with Crippen LogP contribution in [0.1, 0.15) is 17.2 Å². The largest absolute Gasteiger partial charge is 0.472 e. The number of ether oxygens (including phenoxy) is 3. The summed E-state index contributed by atoms with van der Waals surface area (Å²) in [6.45, 7) is 0. The van der Waals surface area contributed by atoms with Gasteiger partial charge in [0.15, 0.2) is 6.10 Å². The summed E-state index contributed by atoms with van der Waals surface area (Å²) in [7, 11) is 2.52. The molecular weight excluding hydrogens is 586 g/mol. The predicted octanol–water partition coefficient (Wildman–Crippen LogP) is 4.81. The first-order valence-electron chi connectivity index (χ1n) is 8.26. The van der Waals surface area contributed by atoms with Crippen LogP contribution in [0.2, 0.25) is 0 Å². The first-order chi connectivity index (χ1) is 13.5. The first-order valence-corrected chi connectivity index (χ1v) is 10.4. The fraction of sp³-hybridized carbons (Fsp3) is 0.143. The normalized spacial score (nSPS) is 16.5. The minimum absolute atomic E-state index is 0.0618. The molecule has 1 aliphatic heterocycles. The molecule has 0 N–H and O–H groups in total. The third-order valence-corrected chi connectivity index (χ3v) is 6.00. The number of benzene rings is 2. The van der Waals surface area contributed by atoms with Crippen LogP contribution in [0.25, 0.3) is 5.57 Å². The summed E-state index contributed by atoms with van der Waals surface area (Å²) in [6, 6.07) is 17.2. The highest BCUT2D eigenvalue weighted by Crippen LogP contribution is 2.46. The predicted molar refractivity (Wildman–Crippen MR) is 121 cm³/mol. The van der Waals surface area contributed by atoms with Crippen LogP contribution >= 0.6 is 45.2 Å². The molecule has 7 heteroatoms. The van der Waals surface area contributed by atoms with Crippen molar-refractivity contribution in [2.45, 2.75) is 6.10 Å². The molecule has 0 saturated carbocycles. The lowest BCUT2D eigenvalue weighted by Crippen LogP contribution is -2.24. The molecule has 5 nitrogen and oxygen atoms in total. The minimum atomic E-state index is -0.728. The van der Waals surface area contributed by atoms with Gasteiger partial charge in [-0.15, -0.1) is 0 Å². The van der Waals surface area contributed by atoms with Crippen LogP contribution in [0.4, 0.5) is 0 Å². The van der Waals surface area contributed by atoms with Gasteiger partial charge in [0.05, 0.1) is 14.2 Å². The maximum atomic E-state index is 12.6. The van der Waals surface area contributed by atoms with E-state index < -0.39 is 18.0 Å². The van der Waals surface area contributed by atoms with Crippen molar-refractivity contribution < 1.29 is 23.8 Å². The molecule has 3 rings (SSSR count). The Morgan fingerprint density at radius 1 is 0.893 bits per heavy atom. The van der Waals surface area contributed by atoms with Crippen LogP contribution in [0.3, 0.4) is 0 Å². The topological polar surface area (TPSA) is 61.8 Å². The van der Waals surface area contributed by atoms with E-state index in [1.165, 1.54) is 14.2 Å². The molecule has 0 spiro atoms. The standard InChI is InChI=1S/C21H16I2O5/c1-26-20(24)16-15(12-6-4-3-5-7-12)17(23)18(28-19(16)21(25)27-2)13-8-10-14(22)11-9-13/h3-11,18H,1-2H3. The van der Waals surface area contributed by atoms with Gasteiger partial charge < -0.3 is 14.2 Å². The van der Waals surface area contributed by atoms with Gasteiger partial charge in [0.25, 0.3) is 0 Å². The van der Waals surface area contributed by atoms with Crippen LogP contribution < -0.4 is 0 Å². The van der Waals surface area contributed by atoms with Crippen LogP contribution in [0.15, 0.2) is 69.5 Å². The van der Waals surface area contributed by atoms with Gasteiger partial charge >= 0.3 is 11.9 Å². The number of hydrogen-bond donors (Lipinski definition) is 0. The molecule has 2 aromatic carbocycles. The molecule has 0 saturated heterocycles. The fourth-order valence-corrected chi connectivity index (χ4v) is 4.30. The molecule has 1 unspecified atom stereocenters. The number of carbonyl (C=O) groups excluding carboxylic acids is 2. The first kappa shape index (κ1) is 20.8. The maximum Gasteiger partial charge on any atom is 0.374 e. The van der Waals surface area contributed by atoms with Gasteiger partial charge in [0.1, 0.15) is 5.57 Å². The SMILES string of the molecule is COC(=O)C1=C(C(=O)OC)C(c2ccccc2)=C(I)C(c2ccc(I)cc2)O1. The summed E-state index contributed by atoms with van der Waals surface area (Å²) >= 11 is 4.39. The van der Waals surface area contributed by atoms with Crippen LogP contribution in [-0.2, 0) is 23.8 Å². The van der Waals surface area contributed by atoms with E-state index in [0.717, 1.165) is 18.3 Å². The van der Waals surface area contributed by atoms with E-state index >= 15 is 0 Å². The maximum absolute atomic E-state index is 12.6. The average Bonchev–Trinajstić information content (AvgIpc) is 2.73. The number of halogens is 2. The summed E-state index contributed by atoms with van der Waals surface area (Å²) in [4.78, 5) is 25.1. The highest BCUT2D eigenvalue weighted by atomic mass is 127. The Balaban J connectivity index is 2.27. The van der Waals surface area contributed by atoms with E-state index in [2.05, 4.69) is 45.2 Å². The third kappa shape index (κ3) is 4.09. The molecule has 2 aromatic rings. The number of esters is 2. The number of rotatable bonds is 4. The van der Waals surface area contributed by atoms with Gasteiger partial charge in [0.2, 0.25) is 5.76 Å². The smallest absolute Gasteiger partial charge is 0.374 e. The quantitative estimate of drug-likeness (QED) is 0.372. The highest BCUT2D eigenvalue weighted by molar-refractivity contribution is 14.1. The average molecular weight is 602 g/mol. The number of hydrogen-bond acceptors (Lipinski definition) is 5. The molecular formula is C21H16I2O5. The summed E-state index contributed by atoms with van der Waals surface area (Å²) in [5.41, 5.74) is 2.31. The van der Waals surface area contributed by atoms with Crippen molar-refractivity contribution in [3.63, 3.8) is 0 Å². The Morgan fingerprint density at radius 3 is 2.07 bits per heavy atom. The molecule has 0 radical (unpaired) electrons. The molecule has 1 heterocycles. The Bertz CT molecular complexity index is 962. The number of methoxy groups -OCH3 is 2. The fourth-order valence-electron chi connectivity index (χ4n) is 2.87. The van der Waals surface area contributed by atoms with E-state index in [4.69, 9.17) is 14.2 Å². The Hall–Kier alpha value is -1.88. The zero-order chi connectivity index (χ0) is 20.3. The van der Waals surface area contributed by atoms with Crippen molar-refractivity contribution in [3.8, 4) is 0 Å². The molecule has 0 aromatic heterocycles. The highest BCUT2D eigenvalue weighted by Gasteiger charge is 2.38. The molecule has 1 aliphatic rings. The summed E-state index contributed by atoms with van der Waals surface area (Å²) < 4.78 is 17.7. The second kappa shape index (κ2) is 9.08. The zero-order valence-electron chi connectivity index (χ0n) is 15.1. The summed E-state index contributed by atoms with van der Waals surface area (Å²) in [5, 5.41) is 0. The Labute approximate surface area is 190 Å².